The van der Waals surface area contributed by atoms with E-state index in [4.69, 9.17) is 4.74 Å². The first kappa shape index (κ1) is 20.2. The van der Waals surface area contributed by atoms with Crippen LogP contribution in [0.15, 0.2) is 24.3 Å². The van der Waals surface area contributed by atoms with Crippen LogP contribution in [0.1, 0.15) is 61.4 Å². The molecule has 6 rings (SSSR count). The third-order valence-electron chi connectivity index (χ3n) is 7.53. The maximum Gasteiger partial charge on any atom is 0.326 e. The summed E-state index contributed by atoms with van der Waals surface area (Å²) in [6.45, 7) is 1.06. The SMILES string of the molecule is C[C@H](OC(=O)CN1C(=O)Cc2ccccc2C1=O)C(=O)NC12CC3CC(CC(C3)C1)C2. The predicted molar refractivity (Wildman–Crippen MR) is 111 cm³/mol. The minimum atomic E-state index is -0.970. The van der Waals surface area contributed by atoms with E-state index < -0.39 is 30.4 Å². The molecule has 0 aromatic heterocycles. The fourth-order valence-electron chi connectivity index (χ4n) is 6.60. The molecule has 31 heavy (non-hydrogen) atoms. The Labute approximate surface area is 181 Å². The molecule has 7 heteroatoms. The molecule has 1 aromatic rings. The zero-order valence-electron chi connectivity index (χ0n) is 17.8. The van der Waals surface area contributed by atoms with Gasteiger partial charge in [-0.2, -0.15) is 0 Å². The molecule has 1 heterocycles. The summed E-state index contributed by atoms with van der Waals surface area (Å²) in [5, 5.41) is 3.20. The Morgan fingerprint density at radius 3 is 2.35 bits per heavy atom. The molecule has 0 saturated heterocycles. The quantitative estimate of drug-likeness (QED) is 0.578. The van der Waals surface area contributed by atoms with Gasteiger partial charge in [-0.15, -0.1) is 0 Å². The van der Waals surface area contributed by atoms with Crippen LogP contribution >= 0.6 is 0 Å². The van der Waals surface area contributed by atoms with Gasteiger partial charge in [-0.3, -0.25) is 24.1 Å². The van der Waals surface area contributed by atoms with Crippen LogP contribution in [0.5, 0.6) is 0 Å². The van der Waals surface area contributed by atoms with Crippen molar-refractivity contribution in [2.24, 2.45) is 17.8 Å². The molecule has 5 aliphatic rings. The summed E-state index contributed by atoms with van der Waals surface area (Å²) in [5.74, 6) is 0.0993. The van der Waals surface area contributed by atoms with Crippen LogP contribution in [0, 0.1) is 17.8 Å². The molecule has 3 amide bonds. The Bertz CT molecular complexity index is 920. The second-order valence-electron chi connectivity index (χ2n) is 9.94. The maximum atomic E-state index is 12.8. The molecular formula is C24H28N2O5. The van der Waals surface area contributed by atoms with Crippen molar-refractivity contribution in [2.45, 2.75) is 63.5 Å². The smallest absolute Gasteiger partial charge is 0.326 e. The van der Waals surface area contributed by atoms with Gasteiger partial charge in [-0.25, -0.2) is 0 Å². The molecule has 4 fully saturated rings. The van der Waals surface area contributed by atoms with Crippen LogP contribution in [-0.4, -0.2) is 46.8 Å². The number of ether oxygens (including phenoxy) is 1. The Hall–Kier alpha value is -2.70. The van der Waals surface area contributed by atoms with Gasteiger partial charge in [0.1, 0.15) is 6.54 Å². The highest BCUT2D eigenvalue weighted by Crippen LogP contribution is 2.55. The lowest BCUT2D eigenvalue weighted by atomic mass is 9.53. The van der Waals surface area contributed by atoms with Crippen molar-refractivity contribution < 1.29 is 23.9 Å². The number of hydrogen-bond acceptors (Lipinski definition) is 5. The van der Waals surface area contributed by atoms with Crippen molar-refractivity contribution in [3.63, 3.8) is 0 Å². The number of nitrogens with one attached hydrogen (secondary N) is 1. The van der Waals surface area contributed by atoms with Crippen molar-refractivity contribution in [2.75, 3.05) is 6.54 Å². The molecule has 0 radical (unpaired) electrons. The molecule has 1 atom stereocenters. The van der Waals surface area contributed by atoms with Gasteiger partial charge >= 0.3 is 5.97 Å². The Morgan fingerprint density at radius 1 is 1.10 bits per heavy atom. The van der Waals surface area contributed by atoms with E-state index >= 15 is 0 Å². The fraction of sp³-hybridized carbons (Fsp3) is 0.583. The van der Waals surface area contributed by atoms with Crippen LogP contribution < -0.4 is 5.32 Å². The standard InChI is InChI=1S/C24H28N2O5/c1-14(22(29)25-24-10-15-6-16(11-24)8-17(7-15)12-24)31-21(28)13-26-20(27)9-18-4-2-3-5-19(18)23(26)30/h2-5,14-17H,6-13H2,1H3,(H,25,29)/t14-,15?,16?,17?,24?/m0/s1. The topological polar surface area (TPSA) is 92.8 Å². The van der Waals surface area contributed by atoms with Crippen molar-refractivity contribution in [1.29, 1.82) is 0 Å². The Morgan fingerprint density at radius 2 is 1.71 bits per heavy atom. The highest BCUT2D eigenvalue weighted by Gasteiger charge is 2.51. The summed E-state index contributed by atoms with van der Waals surface area (Å²) < 4.78 is 5.32. The van der Waals surface area contributed by atoms with E-state index in [2.05, 4.69) is 5.32 Å². The summed E-state index contributed by atoms with van der Waals surface area (Å²) >= 11 is 0. The molecule has 0 spiro atoms. The van der Waals surface area contributed by atoms with Gasteiger partial charge < -0.3 is 10.1 Å². The van der Waals surface area contributed by atoms with E-state index in [1.165, 1.54) is 19.3 Å². The van der Waals surface area contributed by atoms with Crippen LogP contribution in [0.3, 0.4) is 0 Å². The van der Waals surface area contributed by atoms with E-state index in [-0.39, 0.29) is 17.9 Å². The number of benzene rings is 1. The first-order valence-electron chi connectivity index (χ1n) is 11.3. The summed E-state index contributed by atoms with van der Waals surface area (Å²) in [6, 6.07) is 6.87. The van der Waals surface area contributed by atoms with E-state index in [9.17, 15) is 19.2 Å². The van der Waals surface area contributed by atoms with Gasteiger partial charge in [-0.05, 0) is 74.8 Å². The van der Waals surface area contributed by atoms with E-state index in [0.29, 0.717) is 28.9 Å². The monoisotopic (exact) mass is 424 g/mol. The zero-order chi connectivity index (χ0) is 21.8. The van der Waals surface area contributed by atoms with Crippen LogP contribution in [0.4, 0.5) is 0 Å². The number of hydrogen-bond donors (Lipinski definition) is 1. The highest BCUT2D eigenvalue weighted by molar-refractivity contribution is 6.11. The number of fused-ring (bicyclic) bond motifs is 1. The highest BCUT2D eigenvalue weighted by atomic mass is 16.5. The number of rotatable bonds is 5. The first-order chi connectivity index (χ1) is 14.8. The van der Waals surface area contributed by atoms with Gasteiger partial charge in [-0.1, -0.05) is 18.2 Å². The minimum Gasteiger partial charge on any atom is -0.451 e. The minimum absolute atomic E-state index is 0.0667. The number of esters is 1. The van der Waals surface area contributed by atoms with E-state index in [0.717, 1.165) is 24.2 Å². The Kier molecular flexibility index (Phi) is 4.87. The largest absolute Gasteiger partial charge is 0.451 e. The molecule has 0 unspecified atom stereocenters. The van der Waals surface area contributed by atoms with Gasteiger partial charge in [0.15, 0.2) is 6.10 Å². The predicted octanol–water partition coefficient (Wildman–Crippen LogP) is 2.23. The maximum absolute atomic E-state index is 12.8. The summed E-state index contributed by atoms with van der Waals surface area (Å²) in [4.78, 5) is 51.1. The third-order valence-corrected chi connectivity index (χ3v) is 7.53. The second-order valence-corrected chi connectivity index (χ2v) is 9.94. The first-order valence-corrected chi connectivity index (χ1v) is 11.3. The normalized spacial score (nSPS) is 31.9. The van der Waals surface area contributed by atoms with Crippen molar-refractivity contribution in [3.05, 3.63) is 35.4 Å². The van der Waals surface area contributed by atoms with Crippen LogP contribution in [-0.2, 0) is 25.5 Å². The number of carbonyl (C=O) groups excluding carboxylic acids is 4. The van der Waals surface area contributed by atoms with Crippen LogP contribution in [0.2, 0.25) is 0 Å². The molecule has 164 valence electrons. The number of imide groups is 1. The second kappa shape index (κ2) is 7.46. The lowest BCUT2D eigenvalue weighted by molar-refractivity contribution is -0.158. The average Bonchev–Trinajstić information content (AvgIpc) is 2.69. The van der Waals surface area contributed by atoms with E-state index in [1.807, 2.05) is 0 Å². The van der Waals surface area contributed by atoms with Gasteiger partial charge in [0.05, 0.1) is 6.42 Å². The lowest BCUT2D eigenvalue weighted by Gasteiger charge is -2.57. The van der Waals surface area contributed by atoms with Crippen molar-refractivity contribution >= 4 is 23.7 Å². The zero-order valence-corrected chi connectivity index (χ0v) is 17.8. The molecule has 4 bridgehead atoms. The van der Waals surface area contributed by atoms with Crippen LogP contribution in [0.25, 0.3) is 0 Å². The Balaban J connectivity index is 1.19. The van der Waals surface area contributed by atoms with Gasteiger partial charge in [0.25, 0.3) is 11.8 Å². The van der Waals surface area contributed by atoms with Gasteiger partial charge in [0, 0.05) is 11.1 Å². The number of carbonyl (C=O) groups is 4. The number of nitrogens with zero attached hydrogens (tertiary/aromatic N) is 1. The summed E-state index contributed by atoms with van der Waals surface area (Å²) in [5.41, 5.74) is 0.919. The van der Waals surface area contributed by atoms with Crippen molar-refractivity contribution in [3.8, 4) is 0 Å². The molecule has 1 aromatic carbocycles. The molecule has 4 saturated carbocycles. The number of amides is 3. The van der Waals surface area contributed by atoms with Crippen molar-refractivity contribution in [1.82, 2.24) is 10.2 Å². The fourth-order valence-corrected chi connectivity index (χ4v) is 6.60. The third kappa shape index (κ3) is 3.75. The summed E-state index contributed by atoms with van der Waals surface area (Å²) in [7, 11) is 0. The van der Waals surface area contributed by atoms with E-state index in [1.54, 1.807) is 31.2 Å². The molecule has 1 N–H and O–H groups in total. The molecular weight excluding hydrogens is 396 g/mol. The molecule has 1 aliphatic heterocycles. The average molecular weight is 424 g/mol. The lowest BCUT2D eigenvalue weighted by Crippen LogP contribution is -2.61. The summed E-state index contributed by atoms with van der Waals surface area (Å²) in [6.07, 6.45) is 5.98. The molecule has 4 aliphatic carbocycles. The van der Waals surface area contributed by atoms with Gasteiger partial charge in [0.2, 0.25) is 5.91 Å². The molecule has 7 nitrogen and oxygen atoms in total.